The van der Waals surface area contributed by atoms with Gasteiger partial charge in [0.1, 0.15) is 0 Å². The lowest BCUT2D eigenvalue weighted by Gasteiger charge is -2.10. The van der Waals surface area contributed by atoms with Gasteiger partial charge in [0.05, 0.1) is 12.3 Å². The van der Waals surface area contributed by atoms with Crippen LogP contribution in [-0.4, -0.2) is 52.3 Å². The first-order valence-electron chi connectivity index (χ1n) is 39.2. The number of rotatable bonds is 71. The van der Waals surface area contributed by atoms with Gasteiger partial charge in [-0.05, 0) is 25.7 Å². The molecular formula is C79H166Br2P2. The van der Waals surface area contributed by atoms with Gasteiger partial charge in [0, 0.05) is 54.5 Å². The summed E-state index contributed by atoms with van der Waals surface area (Å²) in [6.45, 7) is 19.5. The van der Waals surface area contributed by atoms with E-state index in [0.29, 0.717) is 0 Å². The molecule has 0 saturated carbocycles. The second-order valence-corrected chi connectivity index (χ2v) is 39.8. The van der Waals surface area contributed by atoms with Crippen molar-refractivity contribution in [2.45, 2.75) is 457 Å². The minimum atomic E-state index is -0.520. The Labute approximate surface area is 553 Å². The first-order chi connectivity index (χ1) is 39.6. The molecule has 0 nitrogen and oxygen atoms in total. The maximum Gasteiger partial charge on any atom is 0.0586 e. The van der Waals surface area contributed by atoms with Crippen molar-refractivity contribution in [1.82, 2.24) is 0 Å². The Kier molecular flexibility index (Phi) is 87.8. The Morgan fingerprint density at radius 2 is 0.193 bits per heavy atom. The van der Waals surface area contributed by atoms with Gasteiger partial charge in [-0.25, -0.2) is 0 Å². The van der Waals surface area contributed by atoms with Crippen LogP contribution in [0.25, 0.3) is 0 Å². The number of hydrogen-bond acceptors (Lipinski definition) is 0. The molecule has 0 aromatic heterocycles. The molecule has 4 heteroatoms. The highest BCUT2D eigenvalue weighted by Crippen LogP contribution is 2.48. The van der Waals surface area contributed by atoms with E-state index < -0.39 is 14.5 Å². The summed E-state index contributed by atoms with van der Waals surface area (Å²) in [7, 11) is -1.04. The number of unbranched alkanes of at least 4 members (excludes halogenated alkanes) is 67. The van der Waals surface area contributed by atoms with Crippen molar-refractivity contribution in [2.75, 3.05) is 52.3 Å². The van der Waals surface area contributed by atoms with Crippen molar-refractivity contribution >= 4 is 14.5 Å². The second-order valence-electron chi connectivity index (χ2n) is 29.7. The van der Waals surface area contributed by atoms with Gasteiger partial charge in [-0.15, -0.1) is 0 Å². The average Bonchev–Trinajstić information content (AvgIpc) is 3.44. The zero-order valence-corrected chi connectivity index (χ0v) is 64.8. The molecule has 0 fully saturated rings. The number of halogens is 2. The molecule has 0 aliphatic rings. The lowest BCUT2D eigenvalue weighted by Crippen LogP contribution is -3.00. The minimum Gasteiger partial charge on any atom is -1.00 e. The van der Waals surface area contributed by atoms with Crippen molar-refractivity contribution in [2.24, 2.45) is 0 Å². The van der Waals surface area contributed by atoms with Crippen molar-refractivity contribution in [3.05, 3.63) is 0 Å². The minimum absolute atomic E-state index is 0. The molecule has 0 aliphatic heterocycles. The standard InChI is InChI=1S/C40H84P.C39H82P.2BrH/c1-5-6-7-8-9-10-11-12-13-14-15-16-17-18-19-20-21-22-23-24-25-26-27-28-29-30-31-32-33-34-35-36-37-38-39-40-41(2,3)4;1-5-6-7-8-9-10-11-12-13-14-15-16-17-18-19-20-21-22-23-24-25-26-27-28-29-30-31-32-33-34-35-36-37-38-39-40(2,3)4;;/h5-40H2,1-4H3;5-39H2,1-4H3;2*1H/q2*+1;;/p-2. The molecule has 0 N–H and O–H groups in total. The molecule has 0 unspecified atom stereocenters. The number of hydrogen-bond donors (Lipinski definition) is 0. The first-order valence-corrected chi connectivity index (χ1v) is 45.9. The van der Waals surface area contributed by atoms with Crippen LogP contribution in [0.15, 0.2) is 0 Å². The molecule has 0 saturated heterocycles. The van der Waals surface area contributed by atoms with Gasteiger partial charge >= 0.3 is 0 Å². The van der Waals surface area contributed by atoms with Crippen LogP contribution < -0.4 is 34.0 Å². The summed E-state index contributed by atoms with van der Waals surface area (Å²) in [6.07, 6.45) is 106. The molecule has 0 aliphatic carbocycles. The van der Waals surface area contributed by atoms with E-state index in [-0.39, 0.29) is 34.0 Å². The largest absolute Gasteiger partial charge is 1.00 e. The summed E-state index contributed by atoms with van der Waals surface area (Å²) in [5, 5.41) is 0. The molecule has 506 valence electrons. The Bertz CT molecular complexity index is 1070. The summed E-state index contributed by atoms with van der Waals surface area (Å²) in [6, 6.07) is 0. The normalized spacial score (nSPS) is 11.7. The highest BCUT2D eigenvalue weighted by molar-refractivity contribution is 7.74. The van der Waals surface area contributed by atoms with Gasteiger partial charge < -0.3 is 34.0 Å². The Morgan fingerprint density at radius 3 is 0.265 bits per heavy atom. The van der Waals surface area contributed by atoms with Crippen molar-refractivity contribution < 1.29 is 34.0 Å². The average molecular weight is 1340 g/mol. The molecule has 0 amide bonds. The van der Waals surface area contributed by atoms with Crippen LogP contribution >= 0.6 is 14.5 Å². The summed E-state index contributed by atoms with van der Waals surface area (Å²) in [5.41, 5.74) is 0. The monoisotopic (exact) mass is 1340 g/mol. The molecule has 0 aromatic rings. The third kappa shape index (κ3) is 95.1. The van der Waals surface area contributed by atoms with Gasteiger partial charge in [-0.1, -0.05) is 431 Å². The van der Waals surface area contributed by atoms with E-state index in [1.165, 1.54) is 455 Å². The SMILES string of the molecule is CCCCCCCCCCCCCCCCCCCCCCCCCCCCCCCCCCCCC[P+](C)(C)C.CCCCCCCCCCCCCCCCCCCCCCCCCCCCCCCCCCCC[P+](C)(C)C.[Br-].[Br-]. The van der Waals surface area contributed by atoms with Crippen LogP contribution in [0.2, 0.25) is 0 Å². The molecule has 0 spiro atoms. The summed E-state index contributed by atoms with van der Waals surface area (Å²) in [5.74, 6) is 0. The van der Waals surface area contributed by atoms with Crippen LogP contribution in [0.1, 0.15) is 457 Å². The molecule has 0 rings (SSSR count). The van der Waals surface area contributed by atoms with Crippen molar-refractivity contribution in [1.29, 1.82) is 0 Å². The molecule has 0 aromatic carbocycles. The van der Waals surface area contributed by atoms with E-state index in [1.807, 2.05) is 0 Å². The fourth-order valence-electron chi connectivity index (χ4n) is 12.8. The summed E-state index contributed by atoms with van der Waals surface area (Å²) < 4.78 is 0. The Hall–Kier alpha value is 1.82. The highest BCUT2D eigenvalue weighted by Gasteiger charge is 2.16. The van der Waals surface area contributed by atoms with E-state index in [9.17, 15) is 0 Å². The molecule has 0 atom stereocenters. The van der Waals surface area contributed by atoms with Crippen LogP contribution in [0.4, 0.5) is 0 Å². The first kappa shape index (κ1) is 91.2. The summed E-state index contributed by atoms with van der Waals surface area (Å²) >= 11 is 0. The molecule has 0 heterocycles. The van der Waals surface area contributed by atoms with E-state index >= 15 is 0 Å². The second kappa shape index (κ2) is 79.9. The fourth-order valence-corrected chi connectivity index (χ4v) is 15.2. The van der Waals surface area contributed by atoms with Gasteiger partial charge in [0.15, 0.2) is 0 Å². The molecular weight excluding hydrogens is 1170 g/mol. The topological polar surface area (TPSA) is 0 Å². The van der Waals surface area contributed by atoms with Gasteiger partial charge in [0.25, 0.3) is 0 Å². The maximum absolute atomic E-state index is 2.48. The quantitative estimate of drug-likeness (QED) is 0.0421. The molecule has 83 heavy (non-hydrogen) atoms. The maximum atomic E-state index is 2.48. The smallest absolute Gasteiger partial charge is 0.0586 e. The van der Waals surface area contributed by atoms with Crippen LogP contribution in [0.3, 0.4) is 0 Å². The predicted octanol–water partition coefficient (Wildman–Crippen LogP) is 24.8. The Balaban J connectivity index is -0.000000734. The predicted molar refractivity (Wildman–Crippen MR) is 389 cm³/mol. The van der Waals surface area contributed by atoms with E-state index in [4.69, 9.17) is 0 Å². The van der Waals surface area contributed by atoms with E-state index in [2.05, 4.69) is 53.8 Å². The Morgan fingerprint density at radius 1 is 0.120 bits per heavy atom. The molecule has 0 bridgehead atoms. The van der Waals surface area contributed by atoms with Gasteiger partial charge in [0.2, 0.25) is 0 Å². The van der Waals surface area contributed by atoms with Crippen molar-refractivity contribution in [3.63, 3.8) is 0 Å². The van der Waals surface area contributed by atoms with E-state index in [0.717, 1.165) is 0 Å². The third-order valence-electron chi connectivity index (χ3n) is 18.6. The van der Waals surface area contributed by atoms with Crippen molar-refractivity contribution in [3.8, 4) is 0 Å². The van der Waals surface area contributed by atoms with E-state index in [1.54, 1.807) is 0 Å². The third-order valence-corrected chi connectivity index (χ3v) is 21.9. The molecule has 0 radical (unpaired) electrons. The summed E-state index contributed by atoms with van der Waals surface area (Å²) in [4.78, 5) is 0. The van der Waals surface area contributed by atoms with Crippen LogP contribution in [0.5, 0.6) is 0 Å². The fraction of sp³-hybridized carbons (Fsp3) is 1.00. The zero-order chi connectivity index (χ0) is 59.2. The van der Waals surface area contributed by atoms with Crippen LogP contribution in [0, 0.1) is 0 Å². The highest BCUT2D eigenvalue weighted by atomic mass is 79.9. The van der Waals surface area contributed by atoms with Gasteiger partial charge in [-0.2, -0.15) is 0 Å². The lowest BCUT2D eigenvalue weighted by molar-refractivity contribution is -0.00100. The lowest BCUT2D eigenvalue weighted by atomic mass is 10.0. The van der Waals surface area contributed by atoms with Gasteiger partial charge in [-0.3, -0.25) is 0 Å². The van der Waals surface area contributed by atoms with Crippen LogP contribution in [-0.2, 0) is 0 Å². The zero-order valence-electron chi connectivity index (χ0n) is 59.9.